The maximum absolute atomic E-state index is 12.8. The number of carbonyl (C=O) groups excluding carboxylic acids is 1. The third kappa shape index (κ3) is 4.53. The van der Waals surface area contributed by atoms with Gasteiger partial charge in [-0.25, -0.2) is 0 Å². The molecule has 2 atom stereocenters. The van der Waals surface area contributed by atoms with Gasteiger partial charge in [0.05, 0.1) is 12.0 Å². The highest BCUT2D eigenvalue weighted by atomic mass is 35.5. The molecule has 25 heavy (non-hydrogen) atoms. The van der Waals surface area contributed by atoms with Gasteiger partial charge in [-0.2, -0.15) is 0 Å². The number of hydrogen-bond acceptors (Lipinski definition) is 3. The minimum absolute atomic E-state index is 0.0151. The van der Waals surface area contributed by atoms with Gasteiger partial charge in [0.15, 0.2) is 0 Å². The third-order valence-electron chi connectivity index (χ3n) is 4.37. The van der Waals surface area contributed by atoms with Gasteiger partial charge in [-0.15, -0.1) is 0 Å². The number of nitrogens with zero attached hydrogens (tertiary/aromatic N) is 1. The molecule has 5 heteroatoms. The average molecular weight is 359 g/mol. The Morgan fingerprint density at radius 2 is 2.04 bits per heavy atom. The quantitative estimate of drug-likeness (QED) is 0.891. The van der Waals surface area contributed by atoms with Gasteiger partial charge < -0.3 is 15.0 Å². The zero-order valence-electron chi connectivity index (χ0n) is 14.5. The van der Waals surface area contributed by atoms with Crippen molar-refractivity contribution in [1.29, 1.82) is 0 Å². The minimum atomic E-state index is -0.209. The van der Waals surface area contributed by atoms with Crippen molar-refractivity contribution in [1.82, 2.24) is 10.2 Å². The maximum atomic E-state index is 12.8. The summed E-state index contributed by atoms with van der Waals surface area (Å²) < 4.78 is 5.75. The smallest absolute Gasteiger partial charge is 0.227 e. The number of carbonyl (C=O) groups is 1. The second kappa shape index (κ2) is 7.89. The molecule has 0 aromatic heterocycles. The Morgan fingerprint density at radius 3 is 2.76 bits per heavy atom. The number of nitrogens with one attached hydrogen (secondary N) is 1. The summed E-state index contributed by atoms with van der Waals surface area (Å²) in [6, 6.07) is 15.6. The van der Waals surface area contributed by atoms with Gasteiger partial charge in [0, 0.05) is 11.6 Å². The molecule has 0 aliphatic carbocycles. The molecule has 132 valence electrons. The largest absolute Gasteiger partial charge is 0.492 e. The van der Waals surface area contributed by atoms with Crippen LogP contribution in [-0.2, 0) is 11.2 Å². The molecule has 4 nitrogen and oxygen atoms in total. The monoisotopic (exact) mass is 358 g/mol. The Hall–Kier alpha value is -2.04. The number of amides is 1. The fourth-order valence-corrected chi connectivity index (χ4v) is 3.30. The second-order valence-electron chi connectivity index (χ2n) is 6.70. The van der Waals surface area contributed by atoms with E-state index in [0.29, 0.717) is 18.1 Å². The average Bonchev–Trinajstić information content (AvgIpc) is 2.60. The van der Waals surface area contributed by atoms with E-state index < -0.39 is 0 Å². The van der Waals surface area contributed by atoms with E-state index in [1.54, 1.807) is 0 Å². The van der Waals surface area contributed by atoms with Crippen LogP contribution in [0.4, 0.5) is 0 Å². The van der Waals surface area contributed by atoms with Gasteiger partial charge in [-0.05, 0) is 49.8 Å². The van der Waals surface area contributed by atoms with Crippen LogP contribution in [0.1, 0.15) is 17.2 Å². The highest BCUT2D eigenvalue weighted by Gasteiger charge is 2.28. The normalized spacial score (nSPS) is 17.5. The van der Waals surface area contributed by atoms with Crippen molar-refractivity contribution in [3.05, 3.63) is 64.7 Å². The van der Waals surface area contributed by atoms with E-state index in [-0.39, 0.29) is 17.9 Å². The number of hydrogen-bond donors (Lipinski definition) is 1. The van der Waals surface area contributed by atoms with Gasteiger partial charge >= 0.3 is 0 Å². The molecule has 1 aliphatic rings. The molecule has 0 spiro atoms. The van der Waals surface area contributed by atoms with Crippen LogP contribution in [0, 0.1) is 5.92 Å². The molecule has 1 aliphatic heterocycles. The van der Waals surface area contributed by atoms with E-state index in [9.17, 15) is 4.79 Å². The van der Waals surface area contributed by atoms with Gasteiger partial charge in [-0.1, -0.05) is 41.9 Å². The summed E-state index contributed by atoms with van der Waals surface area (Å²) in [6.07, 6.45) is 0.644. The second-order valence-corrected chi connectivity index (χ2v) is 7.13. The lowest BCUT2D eigenvalue weighted by molar-refractivity contribution is -0.127. The van der Waals surface area contributed by atoms with Gasteiger partial charge in [0.2, 0.25) is 5.91 Å². The maximum Gasteiger partial charge on any atom is 0.227 e. The van der Waals surface area contributed by atoms with Gasteiger partial charge in [0.1, 0.15) is 12.4 Å². The molecule has 1 N–H and O–H groups in total. The van der Waals surface area contributed by atoms with Gasteiger partial charge in [0.25, 0.3) is 0 Å². The van der Waals surface area contributed by atoms with Crippen molar-refractivity contribution in [3.63, 3.8) is 0 Å². The van der Waals surface area contributed by atoms with Crippen LogP contribution >= 0.6 is 11.6 Å². The summed E-state index contributed by atoms with van der Waals surface area (Å²) in [7, 11) is 4.01. The van der Waals surface area contributed by atoms with Crippen LogP contribution in [0.25, 0.3) is 0 Å². The highest BCUT2D eigenvalue weighted by Crippen LogP contribution is 2.30. The fraction of sp³-hybridized carbons (Fsp3) is 0.350. The molecule has 2 aromatic rings. The fourth-order valence-electron chi connectivity index (χ4n) is 3.11. The Balaban J connectivity index is 1.71. The van der Waals surface area contributed by atoms with Crippen molar-refractivity contribution in [3.8, 4) is 5.75 Å². The Bertz CT molecular complexity index is 734. The molecule has 0 fully saturated rings. The van der Waals surface area contributed by atoms with Crippen molar-refractivity contribution in [2.24, 2.45) is 5.92 Å². The lowest BCUT2D eigenvalue weighted by Gasteiger charge is -2.28. The number of rotatable bonds is 5. The predicted molar refractivity (Wildman–Crippen MR) is 100 cm³/mol. The van der Waals surface area contributed by atoms with Crippen molar-refractivity contribution in [2.45, 2.75) is 12.5 Å². The lowest BCUT2D eigenvalue weighted by Crippen LogP contribution is -2.42. The third-order valence-corrected chi connectivity index (χ3v) is 4.60. The van der Waals surface area contributed by atoms with Crippen LogP contribution in [0.15, 0.2) is 48.5 Å². The van der Waals surface area contributed by atoms with E-state index in [1.807, 2.05) is 62.6 Å². The Morgan fingerprint density at radius 1 is 1.28 bits per heavy atom. The van der Waals surface area contributed by atoms with E-state index in [4.69, 9.17) is 16.3 Å². The first-order valence-corrected chi connectivity index (χ1v) is 8.82. The topological polar surface area (TPSA) is 41.6 Å². The molecule has 1 amide bonds. The van der Waals surface area contributed by atoms with Crippen LogP contribution in [0.3, 0.4) is 0 Å². The molecule has 3 rings (SSSR count). The number of likely N-dealkylation sites (N-methyl/N-ethyl adjacent to an activating group) is 1. The van der Waals surface area contributed by atoms with Crippen molar-refractivity contribution < 1.29 is 9.53 Å². The van der Waals surface area contributed by atoms with Gasteiger partial charge in [-0.3, -0.25) is 4.79 Å². The number of ether oxygens (including phenoxy) is 1. The molecular weight excluding hydrogens is 336 g/mol. The zero-order valence-corrected chi connectivity index (χ0v) is 15.3. The molecule has 2 aromatic carbocycles. The summed E-state index contributed by atoms with van der Waals surface area (Å²) in [4.78, 5) is 14.9. The molecule has 0 saturated heterocycles. The first kappa shape index (κ1) is 17.8. The van der Waals surface area contributed by atoms with Crippen molar-refractivity contribution >= 4 is 17.5 Å². The van der Waals surface area contributed by atoms with Crippen LogP contribution in [0.2, 0.25) is 5.02 Å². The first-order chi connectivity index (χ1) is 12.0. The molecule has 0 radical (unpaired) electrons. The zero-order chi connectivity index (χ0) is 17.8. The Kier molecular flexibility index (Phi) is 5.61. The molecule has 0 saturated carbocycles. The van der Waals surface area contributed by atoms with Crippen molar-refractivity contribution in [2.75, 3.05) is 27.2 Å². The molecule has 1 heterocycles. The standard InChI is InChI=1S/C20H23ClN2O2/c1-23(2)12-18(14-6-4-3-5-7-14)22-20(24)16-10-15-11-17(21)8-9-19(15)25-13-16/h3-9,11,16,18H,10,12-13H2,1-2H3,(H,22,24)/t16-,18+/m0/s1. The number of fused-ring (bicyclic) bond motifs is 1. The Labute approximate surface area is 153 Å². The van der Waals surface area contributed by atoms with E-state index in [0.717, 1.165) is 23.4 Å². The summed E-state index contributed by atoms with van der Waals surface area (Å²) in [5.41, 5.74) is 2.09. The number of benzene rings is 2. The minimum Gasteiger partial charge on any atom is -0.492 e. The lowest BCUT2D eigenvalue weighted by atomic mass is 9.95. The summed E-state index contributed by atoms with van der Waals surface area (Å²) in [5, 5.41) is 3.85. The summed E-state index contributed by atoms with van der Waals surface area (Å²) >= 11 is 6.06. The summed E-state index contributed by atoms with van der Waals surface area (Å²) in [5.74, 6) is 0.627. The van der Waals surface area contributed by atoms with E-state index in [1.165, 1.54) is 0 Å². The van der Waals surface area contributed by atoms with Crippen LogP contribution in [-0.4, -0.2) is 38.1 Å². The van der Waals surface area contributed by atoms with E-state index >= 15 is 0 Å². The van der Waals surface area contributed by atoms with E-state index in [2.05, 4.69) is 10.2 Å². The molecule has 0 bridgehead atoms. The first-order valence-electron chi connectivity index (χ1n) is 8.44. The SMILES string of the molecule is CN(C)C[C@@H](NC(=O)[C@@H]1COc2ccc(Cl)cc2C1)c1ccccc1. The molecular formula is C20H23ClN2O2. The van der Waals surface area contributed by atoms with Crippen LogP contribution < -0.4 is 10.1 Å². The predicted octanol–water partition coefficient (Wildman–Crippen LogP) is 3.31. The molecule has 0 unspecified atom stereocenters. The summed E-state index contributed by atoms with van der Waals surface area (Å²) in [6.45, 7) is 1.13. The highest BCUT2D eigenvalue weighted by molar-refractivity contribution is 6.30. The number of halogens is 1. The van der Waals surface area contributed by atoms with Crippen LogP contribution in [0.5, 0.6) is 5.75 Å².